The van der Waals surface area contributed by atoms with E-state index in [1.807, 2.05) is 24.3 Å². The molecule has 1 atom stereocenters. The van der Waals surface area contributed by atoms with Gasteiger partial charge in [0, 0.05) is 38.0 Å². The fourth-order valence-corrected chi connectivity index (χ4v) is 3.55. The number of amides is 1. The number of aromatic nitrogens is 1. The summed E-state index contributed by atoms with van der Waals surface area (Å²) >= 11 is 0. The highest BCUT2D eigenvalue weighted by atomic mass is 16.5. The number of pyridine rings is 1. The van der Waals surface area contributed by atoms with Crippen LogP contribution in [0.15, 0.2) is 42.6 Å². The van der Waals surface area contributed by atoms with Crippen LogP contribution in [0, 0.1) is 0 Å². The molecule has 2 saturated heterocycles. The summed E-state index contributed by atoms with van der Waals surface area (Å²) in [5, 5.41) is 6.32. The topological polar surface area (TPSA) is 75.7 Å². The molecule has 0 bridgehead atoms. The number of carbonyl (C=O) groups excluding carboxylic acids is 1. The Morgan fingerprint density at radius 2 is 2.04 bits per heavy atom. The Morgan fingerprint density at radius 1 is 1.18 bits per heavy atom. The zero-order chi connectivity index (χ0) is 19.2. The molecule has 1 unspecified atom stereocenters. The number of hydrogen-bond donors (Lipinski definition) is 2. The van der Waals surface area contributed by atoms with E-state index in [2.05, 4.69) is 20.5 Å². The molecule has 0 saturated carbocycles. The average Bonchev–Trinajstić information content (AvgIpc) is 3.27. The molecule has 148 valence electrons. The van der Waals surface area contributed by atoms with E-state index in [9.17, 15) is 4.79 Å². The molecule has 1 aromatic carbocycles. The molecule has 0 aliphatic carbocycles. The molecule has 1 amide bonds. The first-order chi connectivity index (χ1) is 13.8. The van der Waals surface area contributed by atoms with Crippen molar-refractivity contribution in [2.45, 2.75) is 18.9 Å². The smallest absolute Gasteiger partial charge is 0.255 e. The van der Waals surface area contributed by atoms with E-state index in [1.54, 1.807) is 18.3 Å². The number of nitrogens with one attached hydrogen (secondary N) is 2. The Kier molecular flexibility index (Phi) is 6.04. The van der Waals surface area contributed by atoms with Gasteiger partial charge in [0.15, 0.2) is 0 Å². The normalized spacial score (nSPS) is 19.4. The number of morpholine rings is 1. The quantitative estimate of drug-likeness (QED) is 0.800. The van der Waals surface area contributed by atoms with E-state index >= 15 is 0 Å². The molecule has 7 nitrogen and oxygen atoms in total. The van der Waals surface area contributed by atoms with Crippen LogP contribution in [0.1, 0.15) is 23.2 Å². The molecule has 0 radical (unpaired) electrons. The SMILES string of the molecule is O=C(Nc1ccccc1N1CCOCC1)c1ccnc(NCC2CCCO2)c1. The summed E-state index contributed by atoms with van der Waals surface area (Å²) in [6.07, 6.45) is 4.04. The van der Waals surface area contributed by atoms with E-state index in [0.717, 1.165) is 43.9 Å². The van der Waals surface area contributed by atoms with Gasteiger partial charge in [-0.25, -0.2) is 4.98 Å². The number of rotatable bonds is 6. The summed E-state index contributed by atoms with van der Waals surface area (Å²) in [6.45, 7) is 4.57. The van der Waals surface area contributed by atoms with Gasteiger partial charge in [0.2, 0.25) is 0 Å². The number of ether oxygens (including phenoxy) is 2. The monoisotopic (exact) mass is 382 g/mol. The van der Waals surface area contributed by atoms with Crippen LogP contribution in [-0.2, 0) is 9.47 Å². The summed E-state index contributed by atoms with van der Waals surface area (Å²) in [4.78, 5) is 19.4. The van der Waals surface area contributed by atoms with Crippen LogP contribution >= 0.6 is 0 Å². The number of para-hydroxylation sites is 2. The van der Waals surface area contributed by atoms with Crippen molar-refractivity contribution < 1.29 is 14.3 Å². The number of hydrogen-bond acceptors (Lipinski definition) is 6. The van der Waals surface area contributed by atoms with Crippen LogP contribution in [0.5, 0.6) is 0 Å². The third kappa shape index (κ3) is 4.61. The molecule has 2 aliphatic rings. The van der Waals surface area contributed by atoms with Crippen LogP contribution < -0.4 is 15.5 Å². The molecule has 4 rings (SSSR count). The predicted octanol–water partition coefficient (Wildman–Crippen LogP) is 2.76. The highest BCUT2D eigenvalue weighted by Crippen LogP contribution is 2.27. The molecule has 2 fully saturated rings. The summed E-state index contributed by atoms with van der Waals surface area (Å²) in [6, 6.07) is 11.4. The zero-order valence-corrected chi connectivity index (χ0v) is 15.9. The second kappa shape index (κ2) is 9.03. The lowest BCUT2D eigenvalue weighted by Crippen LogP contribution is -2.36. The fraction of sp³-hybridized carbons (Fsp3) is 0.429. The van der Waals surface area contributed by atoms with Crippen molar-refractivity contribution in [3.8, 4) is 0 Å². The molecule has 2 aliphatic heterocycles. The van der Waals surface area contributed by atoms with E-state index in [1.165, 1.54) is 0 Å². The fourth-order valence-electron chi connectivity index (χ4n) is 3.55. The second-order valence-electron chi connectivity index (χ2n) is 7.02. The Balaban J connectivity index is 1.43. The van der Waals surface area contributed by atoms with E-state index < -0.39 is 0 Å². The van der Waals surface area contributed by atoms with Gasteiger partial charge in [-0.2, -0.15) is 0 Å². The number of benzene rings is 1. The first-order valence-electron chi connectivity index (χ1n) is 9.84. The van der Waals surface area contributed by atoms with Crippen molar-refractivity contribution >= 4 is 23.1 Å². The van der Waals surface area contributed by atoms with Crippen molar-refractivity contribution in [2.75, 3.05) is 55.0 Å². The maximum Gasteiger partial charge on any atom is 0.255 e. The van der Waals surface area contributed by atoms with Crippen molar-refractivity contribution in [3.05, 3.63) is 48.2 Å². The number of anilines is 3. The van der Waals surface area contributed by atoms with Crippen LogP contribution in [0.3, 0.4) is 0 Å². The highest BCUT2D eigenvalue weighted by molar-refractivity contribution is 6.06. The van der Waals surface area contributed by atoms with Crippen molar-refractivity contribution in [2.24, 2.45) is 0 Å². The molecule has 28 heavy (non-hydrogen) atoms. The Bertz CT molecular complexity index is 802. The lowest BCUT2D eigenvalue weighted by atomic mass is 10.2. The summed E-state index contributed by atoms with van der Waals surface area (Å²) in [5.74, 6) is 0.535. The minimum atomic E-state index is -0.150. The van der Waals surface area contributed by atoms with Gasteiger partial charge in [0.25, 0.3) is 5.91 Å². The first-order valence-corrected chi connectivity index (χ1v) is 9.84. The largest absolute Gasteiger partial charge is 0.378 e. The first kappa shape index (κ1) is 18.7. The van der Waals surface area contributed by atoms with E-state index in [4.69, 9.17) is 9.47 Å². The Morgan fingerprint density at radius 3 is 2.86 bits per heavy atom. The van der Waals surface area contributed by atoms with Gasteiger partial charge in [-0.15, -0.1) is 0 Å². The second-order valence-corrected chi connectivity index (χ2v) is 7.02. The minimum Gasteiger partial charge on any atom is -0.378 e. The van der Waals surface area contributed by atoms with E-state index in [0.29, 0.717) is 31.1 Å². The lowest BCUT2D eigenvalue weighted by Gasteiger charge is -2.30. The van der Waals surface area contributed by atoms with Gasteiger partial charge in [0.1, 0.15) is 5.82 Å². The van der Waals surface area contributed by atoms with Gasteiger partial charge in [-0.1, -0.05) is 12.1 Å². The average molecular weight is 382 g/mol. The predicted molar refractivity (Wildman–Crippen MR) is 109 cm³/mol. The van der Waals surface area contributed by atoms with Crippen molar-refractivity contribution in [1.29, 1.82) is 0 Å². The van der Waals surface area contributed by atoms with Crippen molar-refractivity contribution in [1.82, 2.24) is 4.98 Å². The van der Waals surface area contributed by atoms with Gasteiger partial charge in [-0.3, -0.25) is 4.79 Å². The molecule has 7 heteroatoms. The number of carbonyl (C=O) groups is 1. The van der Waals surface area contributed by atoms with E-state index in [-0.39, 0.29) is 12.0 Å². The third-order valence-electron chi connectivity index (χ3n) is 5.06. The van der Waals surface area contributed by atoms with Gasteiger partial charge in [0.05, 0.1) is 30.7 Å². The zero-order valence-electron chi connectivity index (χ0n) is 15.9. The van der Waals surface area contributed by atoms with Crippen LogP contribution in [0.2, 0.25) is 0 Å². The molecule has 0 spiro atoms. The lowest BCUT2D eigenvalue weighted by molar-refractivity contribution is 0.102. The van der Waals surface area contributed by atoms with Gasteiger partial charge >= 0.3 is 0 Å². The summed E-state index contributed by atoms with van der Waals surface area (Å²) in [7, 11) is 0. The van der Waals surface area contributed by atoms with Gasteiger partial charge < -0.3 is 25.0 Å². The van der Waals surface area contributed by atoms with Crippen LogP contribution in [-0.4, -0.2) is 56.5 Å². The van der Waals surface area contributed by atoms with Crippen LogP contribution in [0.4, 0.5) is 17.2 Å². The molecular formula is C21H26N4O3. The summed E-state index contributed by atoms with van der Waals surface area (Å²) < 4.78 is 11.1. The molecule has 2 N–H and O–H groups in total. The number of nitrogens with zero attached hydrogens (tertiary/aromatic N) is 2. The highest BCUT2D eigenvalue weighted by Gasteiger charge is 2.17. The van der Waals surface area contributed by atoms with Crippen molar-refractivity contribution in [3.63, 3.8) is 0 Å². The Labute approximate surface area is 165 Å². The maximum atomic E-state index is 12.8. The molecule has 2 aromatic rings. The molecular weight excluding hydrogens is 356 g/mol. The Hall–Kier alpha value is -2.64. The summed E-state index contributed by atoms with van der Waals surface area (Å²) in [5.41, 5.74) is 2.40. The van der Waals surface area contributed by atoms with Gasteiger partial charge in [-0.05, 0) is 37.1 Å². The standard InChI is InChI=1S/C21H26N4O3/c26-21(16-7-8-22-20(14-16)23-15-17-4-3-11-28-17)24-18-5-1-2-6-19(18)25-9-12-27-13-10-25/h1-2,5-8,14,17H,3-4,9-13,15H2,(H,22,23)(H,24,26). The van der Waals surface area contributed by atoms with Crippen LogP contribution in [0.25, 0.3) is 0 Å². The minimum absolute atomic E-state index is 0.150. The maximum absolute atomic E-state index is 12.8. The third-order valence-corrected chi connectivity index (χ3v) is 5.06. The molecule has 1 aromatic heterocycles. The molecule has 3 heterocycles.